The van der Waals surface area contributed by atoms with Crippen LogP contribution in [0.3, 0.4) is 0 Å². The van der Waals surface area contributed by atoms with Gasteiger partial charge in [-0.25, -0.2) is 4.39 Å². The first kappa shape index (κ1) is 14.8. The van der Waals surface area contributed by atoms with E-state index in [9.17, 15) is 4.39 Å². The quantitative estimate of drug-likeness (QED) is 0.762. The molecular formula is C15H20BrFO2. The van der Waals surface area contributed by atoms with Crippen molar-refractivity contribution in [3.05, 3.63) is 29.6 Å². The Labute approximate surface area is 122 Å². The van der Waals surface area contributed by atoms with Crippen LogP contribution in [0.2, 0.25) is 0 Å². The van der Waals surface area contributed by atoms with Crippen LogP contribution in [0.1, 0.15) is 39.7 Å². The number of halogens is 2. The van der Waals surface area contributed by atoms with Gasteiger partial charge in [0.2, 0.25) is 0 Å². The Hall–Kier alpha value is -0.610. The average molecular weight is 331 g/mol. The monoisotopic (exact) mass is 330 g/mol. The molecular weight excluding hydrogens is 311 g/mol. The molecule has 0 aliphatic carbocycles. The predicted octanol–water partition coefficient (Wildman–Crippen LogP) is 4.45. The summed E-state index contributed by atoms with van der Waals surface area (Å²) in [6, 6.07) is 4.61. The first-order chi connectivity index (χ1) is 8.73. The molecule has 1 aliphatic heterocycles. The number of benzene rings is 1. The second-order valence-corrected chi connectivity index (χ2v) is 6.72. The third-order valence-electron chi connectivity index (χ3n) is 3.43. The summed E-state index contributed by atoms with van der Waals surface area (Å²) in [7, 11) is 0. The van der Waals surface area contributed by atoms with Crippen LogP contribution in [0.5, 0.6) is 5.75 Å². The lowest BCUT2D eigenvalue weighted by molar-refractivity contribution is -0.0846. The highest BCUT2D eigenvalue weighted by molar-refractivity contribution is 9.08. The molecule has 1 saturated heterocycles. The molecule has 2 nitrogen and oxygen atoms in total. The van der Waals surface area contributed by atoms with Gasteiger partial charge in [-0.15, -0.1) is 0 Å². The maximum atomic E-state index is 13.2. The topological polar surface area (TPSA) is 18.5 Å². The molecule has 1 fully saturated rings. The number of rotatable bonds is 3. The first-order valence-corrected chi connectivity index (χ1v) is 7.57. The van der Waals surface area contributed by atoms with Gasteiger partial charge in [0.15, 0.2) is 0 Å². The summed E-state index contributed by atoms with van der Waals surface area (Å²) >= 11 is 3.36. The van der Waals surface area contributed by atoms with E-state index in [0.717, 1.165) is 17.7 Å². The second-order valence-electron chi connectivity index (χ2n) is 6.16. The van der Waals surface area contributed by atoms with Gasteiger partial charge in [0, 0.05) is 17.3 Å². The molecule has 4 heteroatoms. The maximum absolute atomic E-state index is 13.2. The van der Waals surface area contributed by atoms with Crippen LogP contribution in [0.4, 0.5) is 4.39 Å². The second kappa shape index (κ2) is 5.06. The van der Waals surface area contributed by atoms with Crippen molar-refractivity contribution in [1.29, 1.82) is 0 Å². The van der Waals surface area contributed by atoms with E-state index in [1.165, 1.54) is 12.1 Å². The predicted molar refractivity (Wildman–Crippen MR) is 77.3 cm³/mol. The van der Waals surface area contributed by atoms with Crippen molar-refractivity contribution in [2.24, 2.45) is 0 Å². The number of alkyl halides is 1. The van der Waals surface area contributed by atoms with Crippen molar-refractivity contribution in [2.75, 3.05) is 0 Å². The standard InChI is InChI=1S/C15H20BrFO2/c1-14(2)8-13(15(3,4)19-14)18-12-6-5-11(17)7-10(12)9-16/h5-7,13H,8-9H2,1-4H3. The van der Waals surface area contributed by atoms with Crippen LogP contribution in [-0.4, -0.2) is 17.3 Å². The largest absolute Gasteiger partial charge is 0.487 e. The molecule has 19 heavy (non-hydrogen) atoms. The zero-order chi connectivity index (χ0) is 14.3. The summed E-state index contributed by atoms with van der Waals surface area (Å²) in [4.78, 5) is 0. The molecule has 0 saturated carbocycles. The molecule has 0 amide bonds. The first-order valence-electron chi connectivity index (χ1n) is 6.45. The molecule has 0 N–H and O–H groups in total. The van der Waals surface area contributed by atoms with E-state index in [1.807, 2.05) is 13.8 Å². The van der Waals surface area contributed by atoms with Gasteiger partial charge in [0.1, 0.15) is 23.3 Å². The van der Waals surface area contributed by atoms with E-state index in [-0.39, 0.29) is 23.1 Å². The van der Waals surface area contributed by atoms with Crippen molar-refractivity contribution in [1.82, 2.24) is 0 Å². The van der Waals surface area contributed by atoms with Crippen molar-refractivity contribution in [3.8, 4) is 5.75 Å². The zero-order valence-electron chi connectivity index (χ0n) is 11.8. The van der Waals surface area contributed by atoms with E-state index < -0.39 is 0 Å². The molecule has 1 aliphatic rings. The van der Waals surface area contributed by atoms with E-state index in [0.29, 0.717) is 5.33 Å². The Kier molecular flexibility index (Phi) is 3.94. The third-order valence-corrected chi connectivity index (χ3v) is 4.03. The van der Waals surface area contributed by atoms with Gasteiger partial charge in [0.25, 0.3) is 0 Å². The molecule has 106 valence electrons. The van der Waals surface area contributed by atoms with E-state index in [1.54, 1.807) is 6.07 Å². The zero-order valence-corrected chi connectivity index (χ0v) is 13.4. The van der Waals surface area contributed by atoms with Gasteiger partial charge in [-0.1, -0.05) is 15.9 Å². The normalized spacial score (nSPS) is 24.4. The highest BCUT2D eigenvalue weighted by atomic mass is 79.9. The molecule has 1 unspecified atom stereocenters. The number of ether oxygens (including phenoxy) is 2. The third kappa shape index (κ3) is 3.29. The molecule has 0 aromatic heterocycles. The Morgan fingerprint density at radius 3 is 2.58 bits per heavy atom. The minimum absolute atomic E-state index is 0.0363. The summed E-state index contributed by atoms with van der Waals surface area (Å²) in [5, 5.41) is 0.567. The SMILES string of the molecule is CC1(C)CC(Oc2ccc(F)cc2CBr)C(C)(C)O1. The Morgan fingerprint density at radius 2 is 2.05 bits per heavy atom. The van der Waals surface area contributed by atoms with Crippen LogP contribution < -0.4 is 4.74 Å². The van der Waals surface area contributed by atoms with Gasteiger partial charge in [-0.3, -0.25) is 0 Å². The lowest BCUT2D eigenvalue weighted by Crippen LogP contribution is -2.36. The van der Waals surface area contributed by atoms with Gasteiger partial charge >= 0.3 is 0 Å². The number of hydrogen-bond donors (Lipinski definition) is 0. The van der Waals surface area contributed by atoms with E-state index >= 15 is 0 Å². The highest BCUT2D eigenvalue weighted by Crippen LogP contribution is 2.40. The van der Waals surface area contributed by atoms with Crippen molar-refractivity contribution in [3.63, 3.8) is 0 Å². The highest BCUT2D eigenvalue weighted by Gasteiger charge is 2.47. The Morgan fingerprint density at radius 1 is 1.37 bits per heavy atom. The fraction of sp³-hybridized carbons (Fsp3) is 0.600. The van der Waals surface area contributed by atoms with Crippen LogP contribution in [0.25, 0.3) is 0 Å². The van der Waals surface area contributed by atoms with Crippen LogP contribution in [0.15, 0.2) is 18.2 Å². The summed E-state index contributed by atoms with van der Waals surface area (Å²) in [5.41, 5.74) is 0.282. The average Bonchev–Trinajstić information content (AvgIpc) is 2.49. The summed E-state index contributed by atoms with van der Waals surface area (Å²) < 4.78 is 25.3. The van der Waals surface area contributed by atoms with Gasteiger partial charge in [0.05, 0.1) is 5.60 Å². The molecule has 0 spiro atoms. The molecule has 2 rings (SSSR count). The molecule has 0 radical (unpaired) electrons. The lowest BCUT2D eigenvalue weighted by Gasteiger charge is -2.28. The molecule has 1 aromatic carbocycles. The van der Waals surface area contributed by atoms with Crippen LogP contribution in [0, 0.1) is 5.82 Å². The van der Waals surface area contributed by atoms with Gasteiger partial charge in [-0.2, -0.15) is 0 Å². The molecule has 1 heterocycles. The van der Waals surface area contributed by atoms with E-state index in [4.69, 9.17) is 9.47 Å². The van der Waals surface area contributed by atoms with Gasteiger partial charge in [-0.05, 0) is 45.9 Å². The van der Waals surface area contributed by atoms with Crippen molar-refractivity contribution in [2.45, 2.75) is 56.8 Å². The summed E-state index contributed by atoms with van der Waals surface area (Å²) in [6.45, 7) is 8.19. The molecule has 0 bridgehead atoms. The lowest BCUT2D eigenvalue weighted by atomic mass is 9.97. The van der Waals surface area contributed by atoms with Crippen molar-refractivity contribution < 1.29 is 13.9 Å². The fourth-order valence-corrected chi connectivity index (χ4v) is 3.05. The summed E-state index contributed by atoms with van der Waals surface area (Å²) in [6.07, 6.45) is 0.782. The maximum Gasteiger partial charge on any atom is 0.130 e. The van der Waals surface area contributed by atoms with Crippen LogP contribution >= 0.6 is 15.9 Å². The number of hydrogen-bond acceptors (Lipinski definition) is 2. The molecule has 1 atom stereocenters. The fourth-order valence-electron chi connectivity index (χ4n) is 2.62. The minimum Gasteiger partial charge on any atom is -0.487 e. The Bertz CT molecular complexity index is 471. The van der Waals surface area contributed by atoms with Gasteiger partial charge < -0.3 is 9.47 Å². The smallest absolute Gasteiger partial charge is 0.130 e. The minimum atomic E-state index is -0.346. The summed E-state index contributed by atoms with van der Waals surface area (Å²) in [5.74, 6) is 0.474. The van der Waals surface area contributed by atoms with E-state index in [2.05, 4.69) is 29.8 Å². The van der Waals surface area contributed by atoms with Crippen molar-refractivity contribution >= 4 is 15.9 Å². The molecule has 1 aromatic rings. The van der Waals surface area contributed by atoms with Crippen LogP contribution in [-0.2, 0) is 10.1 Å². The Balaban J connectivity index is 2.22.